The first-order valence-electron chi connectivity index (χ1n) is 14.7. The standard InChI is InChI=1S/C30H49I/c1-19-26-12-22-6-2-20(3-7-22)10-24-13-27-14-25(16-28(31)15-24)11-21-4-8-23(9-5-21)17-29(19)30(27)18-26/h19-30H,2-18H2,1H3/t19-,20?,21?,22?,23?,24?,25?,26?,27?,28?,29-,30?/m1/s1. The van der Waals surface area contributed by atoms with Gasteiger partial charge in [-0.05, 0) is 123 Å². The summed E-state index contributed by atoms with van der Waals surface area (Å²) in [5.74, 6) is 11.9. The summed E-state index contributed by atoms with van der Waals surface area (Å²) in [6.07, 6.45) is 27.2. The molecule has 0 amide bonds. The number of hydrogen-bond donors (Lipinski definition) is 0. The van der Waals surface area contributed by atoms with Gasteiger partial charge in [-0.3, -0.25) is 0 Å². The van der Waals surface area contributed by atoms with Gasteiger partial charge in [0.05, 0.1) is 0 Å². The second-order valence-electron chi connectivity index (χ2n) is 13.9. The maximum Gasteiger partial charge on any atom is 0.0115 e. The van der Waals surface area contributed by atoms with E-state index in [0.29, 0.717) is 0 Å². The minimum Gasteiger partial charge on any atom is -0.0826 e. The highest BCUT2D eigenvalue weighted by molar-refractivity contribution is 14.1. The molecule has 9 bridgehead atoms. The highest BCUT2D eigenvalue weighted by Crippen LogP contribution is 2.57. The van der Waals surface area contributed by atoms with Crippen molar-refractivity contribution in [3.63, 3.8) is 0 Å². The molecule has 0 aliphatic heterocycles. The molecule has 176 valence electrons. The van der Waals surface area contributed by atoms with E-state index in [0.717, 1.165) is 69.0 Å². The summed E-state index contributed by atoms with van der Waals surface area (Å²) in [5, 5.41) is 0. The van der Waals surface area contributed by atoms with Crippen molar-refractivity contribution in [2.75, 3.05) is 0 Å². The lowest BCUT2D eigenvalue weighted by molar-refractivity contribution is 0.119. The molecular formula is C30H49I. The summed E-state index contributed by atoms with van der Waals surface area (Å²) in [7, 11) is 0. The van der Waals surface area contributed by atoms with E-state index >= 15 is 0 Å². The minimum absolute atomic E-state index is 0.963. The molecule has 8 atom stereocenters. The predicted molar refractivity (Wildman–Crippen MR) is 140 cm³/mol. The van der Waals surface area contributed by atoms with Gasteiger partial charge in [-0.1, -0.05) is 80.9 Å². The maximum atomic E-state index is 2.90. The Labute approximate surface area is 207 Å². The van der Waals surface area contributed by atoms with Gasteiger partial charge in [0.25, 0.3) is 0 Å². The summed E-state index contributed by atoms with van der Waals surface area (Å²) in [6.45, 7) is 2.74. The number of hydrogen-bond acceptors (Lipinski definition) is 0. The van der Waals surface area contributed by atoms with Gasteiger partial charge in [0.15, 0.2) is 0 Å². The quantitative estimate of drug-likeness (QED) is 0.214. The second-order valence-corrected chi connectivity index (χ2v) is 15.7. The molecule has 8 aliphatic rings. The minimum atomic E-state index is 0.963. The molecular weight excluding hydrogens is 487 g/mol. The van der Waals surface area contributed by atoms with E-state index in [1.165, 1.54) is 0 Å². The molecule has 0 spiro atoms. The van der Waals surface area contributed by atoms with E-state index in [4.69, 9.17) is 0 Å². The smallest absolute Gasteiger partial charge is 0.0115 e. The topological polar surface area (TPSA) is 0 Å². The van der Waals surface area contributed by atoms with Crippen molar-refractivity contribution in [2.45, 2.75) is 120 Å². The van der Waals surface area contributed by atoms with Gasteiger partial charge in [-0.15, -0.1) is 0 Å². The van der Waals surface area contributed by atoms with E-state index in [1.54, 1.807) is 109 Å². The van der Waals surface area contributed by atoms with Crippen molar-refractivity contribution in [1.29, 1.82) is 0 Å². The fraction of sp³-hybridized carbons (Fsp3) is 1.00. The van der Waals surface area contributed by atoms with Crippen LogP contribution in [-0.2, 0) is 0 Å². The first-order chi connectivity index (χ1) is 15.1. The Balaban J connectivity index is 1.36. The van der Waals surface area contributed by atoms with Crippen LogP contribution in [0.5, 0.6) is 0 Å². The fourth-order valence-corrected chi connectivity index (χ4v) is 12.0. The van der Waals surface area contributed by atoms with Crippen molar-refractivity contribution >= 4 is 22.6 Å². The molecule has 8 rings (SSSR count). The lowest BCUT2D eigenvalue weighted by atomic mass is 9.66. The third-order valence-electron chi connectivity index (χ3n) is 12.1. The second kappa shape index (κ2) is 9.41. The number of alkyl halides is 1. The zero-order valence-corrected chi connectivity index (χ0v) is 22.5. The molecule has 1 heteroatoms. The molecule has 31 heavy (non-hydrogen) atoms. The largest absolute Gasteiger partial charge is 0.0826 e. The Morgan fingerprint density at radius 2 is 0.871 bits per heavy atom. The Kier molecular flexibility index (Phi) is 6.74. The predicted octanol–water partition coefficient (Wildman–Crippen LogP) is 9.30. The van der Waals surface area contributed by atoms with E-state index in [2.05, 4.69) is 29.5 Å². The molecule has 0 heterocycles. The van der Waals surface area contributed by atoms with Crippen LogP contribution in [0.1, 0.15) is 116 Å². The van der Waals surface area contributed by atoms with Gasteiger partial charge < -0.3 is 0 Å². The third kappa shape index (κ3) is 4.80. The lowest BCUT2D eigenvalue weighted by Crippen LogP contribution is -2.31. The van der Waals surface area contributed by atoms with Crippen LogP contribution < -0.4 is 0 Å². The summed E-state index contributed by atoms with van der Waals surface area (Å²) in [5.41, 5.74) is 0. The van der Waals surface area contributed by atoms with Crippen LogP contribution in [0, 0.1) is 65.1 Å². The van der Waals surface area contributed by atoms with Gasteiger partial charge in [-0.25, -0.2) is 0 Å². The van der Waals surface area contributed by atoms with E-state index in [1.807, 2.05) is 0 Å². The SMILES string of the molecule is C[C@@H]1C2CC3CCC(CC3)CC3CC(I)CC4CC5CCC(CC5)C[C@H]1C(C2)C(C3)C4. The Morgan fingerprint density at radius 3 is 1.42 bits per heavy atom. The molecule has 8 aliphatic carbocycles. The van der Waals surface area contributed by atoms with Crippen molar-refractivity contribution in [3.05, 3.63) is 0 Å². The van der Waals surface area contributed by atoms with Crippen LogP contribution in [0.4, 0.5) is 0 Å². The van der Waals surface area contributed by atoms with Crippen molar-refractivity contribution in [1.82, 2.24) is 0 Å². The number of fused-ring (bicyclic) bond motifs is 4. The van der Waals surface area contributed by atoms with Crippen LogP contribution in [0.2, 0.25) is 0 Å². The molecule has 0 saturated heterocycles. The number of halogens is 1. The molecule has 0 aromatic carbocycles. The summed E-state index contributed by atoms with van der Waals surface area (Å²) in [6, 6.07) is 0. The molecule has 0 aromatic heterocycles. The molecule has 0 nitrogen and oxygen atoms in total. The van der Waals surface area contributed by atoms with Crippen molar-refractivity contribution < 1.29 is 0 Å². The normalized spacial score (nSPS) is 55.2. The highest BCUT2D eigenvalue weighted by Gasteiger charge is 2.48. The van der Waals surface area contributed by atoms with Crippen LogP contribution >= 0.6 is 22.6 Å². The third-order valence-corrected chi connectivity index (χ3v) is 13.1. The van der Waals surface area contributed by atoms with E-state index < -0.39 is 0 Å². The van der Waals surface area contributed by atoms with Crippen molar-refractivity contribution in [2.24, 2.45) is 65.1 Å². The van der Waals surface area contributed by atoms with E-state index in [9.17, 15) is 0 Å². The van der Waals surface area contributed by atoms with Crippen LogP contribution in [-0.4, -0.2) is 3.92 Å². The summed E-state index contributed by atoms with van der Waals surface area (Å²) in [4.78, 5) is 0. The number of rotatable bonds is 0. The fourth-order valence-electron chi connectivity index (χ4n) is 10.6. The first kappa shape index (κ1) is 22.2. The molecule has 0 aromatic rings. The molecule has 6 unspecified atom stereocenters. The first-order valence-corrected chi connectivity index (χ1v) is 16.0. The van der Waals surface area contributed by atoms with Crippen LogP contribution in [0.15, 0.2) is 0 Å². The van der Waals surface area contributed by atoms with Crippen LogP contribution in [0.25, 0.3) is 0 Å². The highest BCUT2D eigenvalue weighted by atomic mass is 127. The zero-order valence-electron chi connectivity index (χ0n) is 20.3. The average molecular weight is 537 g/mol. The maximum absolute atomic E-state index is 2.90. The van der Waals surface area contributed by atoms with Gasteiger partial charge in [0, 0.05) is 3.92 Å². The monoisotopic (exact) mass is 536 g/mol. The average Bonchev–Trinajstić information content (AvgIpc) is 3.01. The zero-order chi connectivity index (χ0) is 20.9. The Hall–Kier alpha value is 0.730. The molecule has 0 radical (unpaired) electrons. The van der Waals surface area contributed by atoms with Gasteiger partial charge in [-0.2, -0.15) is 0 Å². The van der Waals surface area contributed by atoms with Gasteiger partial charge >= 0.3 is 0 Å². The Morgan fingerprint density at radius 1 is 0.419 bits per heavy atom. The van der Waals surface area contributed by atoms with Crippen molar-refractivity contribution in [3.8, 4) is 0 Å². The van der Waals surface area contributed by atoms with E-state index in [-0.39, 0.29) is 0 Å². The van der Waals surface area contributed by atoms with Crippen LogP contribution in [0.3, 0.4) is 0 Å². The van der Waals surface area contributed by atoms with Gasteiger partial charge in [0.1, 0.15) is 0 Å². The lowest BCUT2D eigenvalue weighted by Gasteiger charge is -2.40. The molecule has 8 fully saturated rings. The summed E-state index contributed by atoms with van der Waals surface area (Å²) >= 11 is 2.90. The molecule has 8 saturated carbocycles. The molecule has 0 N–H and O–H groups in total. The van der Waals surface area contributed by atoms with Gasteiger partial charge in [0.2, 0.25) is 0 Å². The summed E-state index contributed by atoms with van der Waals surface area (Å²) < 4.78 is 0.963. The Bertz CT molecular complexity index is 598.